The molecule has 21 heavy (non-hydrogen) atoms. The van der Waals surface area contributed by atoms with Gasteiger partial charge in [0.2, 0.25) is 0 Å². The summed E-state index contributed by atoms with van der Waals surface area (Å²) >= 11 is 0. The number of aliphatic hydroxyl groups excluding tert-OH is 1. The van der Waals surface area contributed by atoms with Gasteiger partial charge >= 0.3 is 0 Å². The Labute approximate surface area is 130 Å². The monoisotopic (exact) mass is 294 g/mol. The average molecular weight is 294 g/mol. The van der Waals surface area contributed by atoms with Gasteiger partial charge in [0.25, 0.3) is 0 Å². The number of aliphatic hydroxyl groups is 1. The summed E-state index contributed by atoms with van der Waals surface area (Å²) in [5.74, 6) is 1.56. The smallest absolute Gasteiger partial charge is 0.0460 e. The first-order valence-electron chi connectivity index (χ1n) is 9.42. The maximum absolute atomic E-state index is 9.29. The SMILES string of the molecule is OCC1CCN(C2CCCN(CC3CCCCC3)C2)CC1. The molecule has 1 aliphatic carbocycles. The number of likely N-dealkylation sites (tertiary alicyclic amines) is 2. The molecule has 0 aromatic carbocycles. The van der Waals surface area contributed by atoms with Gasteiger partial charge < -0.3 is 10.0 Å². The van der Waals surface area contributed by atoms with Crippen LogP contribution >= 0.6 is 0 Å². The highest BCUT2D eigenvalue weighted by molar-refractivity contribution is 4.85. The molecule has 1 N–H and O–H groups in total. The molecule has 0 amide bonds. The minimum Gasteiger partial charge on any atom is -0.396 e. The van der Waals surface area contributed by atoms with Crippen LogP contribution in [0, 0.1) is 11.8 Å². The Kier molecular flexibility index (Phi) is 5.96. The summed E-state index contributed by atoms with van der Waals surface area (Å²) in [6.07, 6.45) is 12.5. The quantitative estimate of drug-likeness (QED) is 0.863. The van der Waals surface area contributed by atoms with Gasteiger partial charge in [0, 0.05) is 25.7 Å². The van der Waals surface area contributed by atoms with Crippen molar-refractivity contribution in [1.29, 1.82) is 0 Å². The lowest BCUT2D eigenvalue weighted by Gasteiger charge is -2.43. The molecular formula is C18H34N2O. The standard InChI is InChI=1S/C18H34N2O/c21-15-17-8-11-20(12-9-17)18-7-4-10-19(14-18)13-16-5-2-1-3-6-16/h16-18,21H,1-15H2. The summed E-state index contributed by atoms with van der Waals surface area (Å²) in [7, 11) is 0. The molecule has 1 atom stereocenters. The van der Waals surface area contributed by atoms with Crippen LogP contribution in [0.2, 0.25) is 0 Å². The molecule has 3 nitrogen and oxygen atoms in total. The van der Waals surface area contributed by atoms with Crippen LogP contribution in [0.1, 0.15) is 57.8 Å². The van der Waals surface area contributed by atoms with Crippen molar-refractivity contribution < 1.29 is 5.11 Å². The third-order valence-electron chi connectivity index (χ3n) is 6.15. The van der Waals surface area contributed by atoms with E-state index in [-0.39, 0.29) is 0 Å². The maximum Gasteiger partial charge on any atom is 0.0460 e. The Morgan fingerprint density at radius 1 is 0.762 bits per heavy atom. The van der Waals surface area contributed by atoms with Crippen LogP contribution in [-0.4, -0.2) is 60.3 Å². The van der Waals surface area contributed by atoms with Gasteiger partial charge in [-0.2, -0.15) is 0 Å². The number of piperidine rings is 2. The van der Waals surface area contributed by atoms with Crippen molar-refractivity contribution in [3.8, 4) is 0 Å². The van der Waals surface area contributed by atoms with Gasteiger partial charge in [0.05, 0.1) is 0 Å². The Bertz CT molecular complexity index is 296. The van der Waals surface area contributed by atoms with Gasteiger partial charge in [-0.1, -0.05) is 19.3 Å². The molecular weight excluding hydrogens is 260 g/mol. The fourth-order valence-electron chi connectivity index (χ4n) is 4.73. The Morgan fingerprint density at radius 3 is 2.24 bits per heavy atom. The molecule has 3 rings (SSSR count). The lowest BCUT2D eigenvalue weighted by molar-refractivity contribution is 0.0494. The van der Waals surface area contributed by atoms with Crippen LogP contribution in [-0.2, 0) is 0 Å². The summed E-state index contributed by atoms with van der Waals surface area (Å²) in [5, 5.41) is 9.29. The molecule has 1 saturated carbocycles. The number of rotatable bonds is 4. The van der Waals surface area contributed by atoms with E-state index < -0.39 is 0 Å². The first-order chi connectivity index (χ1) is 10.3. The van der Waals surface area contributed by atoms with Crippen LogP contribution in [0.15, 0.2) is 0 Å². The normalized spacial score (nSPS) is 31.6. The van der Waals surface area contributed by atoms with E-state index in [1.54, 1.807) is 0 Å². The van der Waals surface area contributed by atoms with Crippen LogP contribution in [0.3, 0.4) is 0 Å². The largest absolute Gasteiger partial charge is 0.396 e. The van der Waals surface area contributed by atoms with Crippen molar-refractivity contribution in [2.45, 2.75) is 63.8 Å². The van der Waals surface area contributed by atoms with Gasteiger partial charge in [0.1, 0.15) is 0 Å². The van der Waals surface area contributed by atoms with Crippen LogP contribution in [0.5, 0.6) is 0 Å². The lowest BCUT2D eigenvalue weighted by atomic mass is 9.88. The first kappa shape index (κ1) is 15.8. The van der Waals surface area contributed by atoms with Gasteiger partial charge in [-0.15, -0.1) is 0 Å². The highest BCUT2D eigenvalue weighted by Crippen LogP contribution is 2.27. The van der Waals surface area contributed by atoms with E-state index in [2.05, 4.69) is 9.80 Å². The molecule has 3 fully saturated rings. The van der Waals surface area contributed by atoms with Crippen LogP contribution in [0.4, 0.5) is 0 Å². The zero-order chi connectivity index (χ0) is 14.5. The minimum absolute atomic E-state index is 0.395. The minimum atomic E-state index is 0.395. The second-order valence-electron chi connectivity index (χ2n) is 7.72. The predicted octanol–water partition coefficient (Wildman–Crippen LogP) is 2.74. The molecule has 2 aliphatic heterocycles. The Balaban J connectivity index is 1.44. The maximum atomic E-state index is 9.29. The third-order valence-corrected chi connectivity index (χ3v) is 6.15. The zero-order valence-electron chi connectivity index (χ0n) is 13.7. The number of hydrogen-bond donors (Lipinski definition) is 1. The molecule has 0 radical (unpaired) electrons. The zero-order valence-corrected chi connectivity index (χ0v) is 13.7. The van der Waals surface area contributed by atoms with E-state index in [1.807, 2.05) is 0 Å². The van der Waals surface area contributed by atoms with Gasteiger partial charge in [-0.25, -0.2) is 0 Å². The Morgan fingerprint density at radius 2 is 1.52 bits per heavy atom. The molecule has 0 spiro atoms. The molecule has 3 heteroatoms. The fourth-order valence-corrected chi connectivity index (χ4v) is 4.73. The van der Waals surface area contributed by atoms with E-state index in [9.17, 15) is 5.11 Å². The van der Waals surface area contributed by atoms with Gasteiger partial charge in [-0.05, 0) is 70.0 Å². The molecule has 0 aromatic heterocycles. The first-order valence-corrected chi connectivity index (χ1v) is 9.42. The summed E-state index contributed by atoms with van der Waals surface area (Å²) in [5.41, 5.74) is 0. The summed E-state index contributed by atoms with van der Waals surface area (Å²) in [6.45, 7) is 6.83. The topological polar surface area (TPSA) is 26.7 Å². The van der Waals surface area contributed by atoms with E-state index in [4.69, 9.17) is 0 Å². The molecule has 122 valence electrons. The molecule has 2 saturated heterocycles. The van der Waals surface area contributed by atoms with Gasteiger partial charge in [0.15, 0.2) is 0 Å². The molecule has 0 bridgehead atoms. The van der Waals surface area contributed by atoms with Crippen LogP contribution in [0.25, 0.3) is 0 Å². The van der Waals surface area contributed by atoms with Crippen LogP contribution < -0.4 is 0 Å². The lowest BCUT2D eigenvalue weighted by Crippen LogP contribution is -2.51. The van der Waals surface area contributed by atoms with Crippen molar-refractivity contribution in [2.24, 2.45) is 11.8 Å². The molecule has 0 aromatic rings. The summed E-state index contributed by atoms with van der Waals surface area (Å²) < 4.78 is 0. The van der Waals surface area contributed by atoms with Crippen molar-refractivity contribution in [1.82, 2.24) is 9.80 Å². The number of nitrogens with zero attached hydrogens (tertiary/aromatic N) is 2. The molecule has 2 heterocycles. The summed E-state index contributed by atoms with van der Waals surface area (Å²) in [6, 6.07) is 0.794. The molecule has 3 aliphatic rings. The second-order valence-corrected chi connectivity index (χ2v) is 7.72. The van der Waals surface area contributed by atoms with E-state index >= 15 is 0 Å². The van der Waals surface area contributed by atoms with Crippen molar-refractivity contribution in [3.05, 3.63) is 0 Å². The molecule has 1 unspecified atom stereocenters. The highest BCUT2D eigenvalue weighted by Gasteiger charge is 2.29. The fraction of sp³-hybridized carbons (Fsp3) is 1.00. The van der Waals surface area contributed by atoms with E-state index in [0.717, 1.165) is 12.0 Å². The third kappa shape index (κ3) is 4.43. The van der Waals surface area contributed by atoms with Gasteiger partial charge in [-0.3, -0.25) is 4.90 Å². The van der Waals surface area contributed by atoms with Crippen molar-refractivity contribution in [2.75, 3.05) is 39.3 Å². The van der Waals surface area contributed by atoms with Crippen molar-refractivity contribution >= 4 is 0 Å². The predicted molar refractivity (Wildman–Crippen MR) is 87.4 cm³/mol. The highest BCUT2D eigenvalue weighted by atomic mass is 16.3. The number of hydrogen-bond acceptors (Lipinski definition) is 3. The van der Waals surface area contributed by atoms with E-state index in [0.29, 0.717) is 12.5 Å². The summed E-state index contributed by atoms with van der Waals surface area (Å²) in [4.78, 5) is 5.49. The van der Waals surface area contributed by atoms with E-state index in [1.165, 1.54) is 90.5 Å². The average Bonchev–Trinajstić information content (AvgIpc) is 2.56. The van der Waals surface area contributed by atoms with Crippen molar-refractivity contribution in [3.63, 3.8) is 0 Å². The Hall–Kier alpha value is -0.120. The second kappa shape index (κ2) is 7.94.